The molecule has 3 heteroatoms. The highest BCUT2D eigenvalue weighted by atomic mass is 16.5. The van der Waals surface area contributed by atoms with Crippen LogP contribution in [-0.2, 0) is 16.0 Å². The number of fused-ring (bicyclic) bond motifs is 1. The molecule has 92 valence electrons. The van der Waals surface area contributed by atoms with Crippen molar-refractivity contribution in [3.63, 3.8) is 0 Å². The number of benzene rings is 2. The van der Waals surface area contributed by atoms with Crippen LogP contribution in [0.1, 0.15) is 5.56 Å². The van der Waals surface area contributed by atoms with Gasteiger partial charge in [-0.2, -0.15) is 0 Å². The first kappa shape index (κ1) is 12.2. The van der Waals surface area contributed by atoms with E-state index in [4.69, 9.17) is 0 Å². The van der Waals surface area contributed by atoms with Gasteiger partial charge < -0.3 is 9.84 Å². The second-order valence-electron chi connectivity index (χ2n) is 3.91. The van der Waals surface area contributed by atoms with E-state index in [0.717, 1.165) is 16.3 Å². The number of aromatic hydroxyl groups is 1. The molecule has 0 bridgehead atoms. The van der Waals surface area contributed by atoms with Crippen molar-refractivity contribution < 1.29 is 14.6 Å². The molecule has 0 aliphatic heterocycles. The summed E-state index contributed by atoms with van der Waals surface area (Å²) in [6, 6.07) is 11.4. The zero-order valence-electron chi connectivity index (χ0n) is 10.1. The highest BCUT2D eigenvalue weighted by Crippen LogP contribution is 2.27. The zero-order chi connectivity index (χ0) is 13.0. The summed E-state index contributed by atoms with van der Waals surface area (Å²) in [4.78, 5) is 11.0. The van der Waals surface area contributed by atoms with E-state index in [-0.39, 0.29) is 5.75 Å². The van der Waals surface area contributed by atoms with Gasteiger partial charge in [-0.25, -0.2) is 4.79 Å². The van der Waals surface area contributed by atoms with E-state index in [0.29, 0.717) is 6.42 Å². The third-order valence-electron chi connectivity index (χ3n) is 2.79. The van der Waals surface area contributed by atoms with E-state index in [1.54, 1.807) is 12.1 Å². The number of hydrogen-bond acceptors (Lipinski definition) is 3. The molecule has 0 atom stereocenters. The predicted octanol–water partition coefficient (Wildman–Crippen LogP) is 2.82. The topological polar surface area (TPSA) is 46.5 Å². The first-order valence-corrected chi connectivity index (χ1v) is 5.66. The molecule has 0 saturated carbocycles. The maximum atomic E-state index is 11.0. The van der Waals surface area contributed by atoms with Crippen LogP contribution in [0, 0.1) is 0 Å². The van der Waals surface area contributed by atoms with E-state index in [1.165, 1.54) is 13.2 Å². The van der Waals surface area contributed by atoms with Gasteiger partial charge in [-0.15, -0.1) is 0 Å². The van der Waals surface area contributed by atoms with Crippen LogP contribution in [0.4, 0.5) is 0 Å². The number of methoxy groups -OCH3 is 1. The Balaban J connectivity index is 2.35. The largest absolute Gasteiger partial charge is 0.508 e. The molecule has 18 heavy (non-hydrogen) atoms. The van der Waals surface area contributed by atoms with Crippen LogP contribution in [-0.4, -0.2) is 18.2 Å². The van der Waals surface area contributed by atoms with Gasteiger partial charge in [-0.05, 0) is 23.3 Å². The maximum Gasteiger partial charge on any atom is 0.330 e. The van der Waals surface area contributed by atoms with Crippen LogP contribution < -0.4 is 0 Å². The lowest BCUT2D eigenvalue weighted by molar-refractivity contribution is -0.134. The van der Waals surface area contributed by atoms with Crippen molar-refractivity contribution in [2.75, 3.05) is 7.11 Å². The Bertz CT molecular complexity index is 600. The SMILES string of the molecule is COC(=O)/C=C/Cc1c(O)ccc2ccccc12. The molecule has 3 nitrogen and oxygen atoms in total. The van der Waals surface area contributed by atoms with Gasteiger partial charge in [0.15, 0.2) is 0 Å². The first-order valence-electron chi connectivity index (χ1n) is 5.66. The maximum absolute atomic E-state index is 11.0. The standard InChI is InChI=1S/C15H14O3/c1-18-15(17)8-4-7-13-12-6-3-2-5-11(12)9-10-14(13)16/h2-6,8-10,16H,7H2,1H3/b8-4+. The normalized spacial score (nSPS) is 10.9. The van der Waals surface area contributed by atoms with Crippen LogP contribution in [0.25, 0.3) is 10.8 Å². The fraction of sp³-hybridized carbons (Fsp3) is 0.133. The molecule has 0 amide bonds. The molecule has 0 spiro atoms. The quantitative estimate of drug-likeness (QED) is 0.665. The fourth-order valence-electron chi connectivity index (χ4n) is 1.88. The van der Waals surface area contributed by atoms with Crippen molar-refractivity contribution in [1.82, 2.24) is 0 Å². The predicted molar refractivity (Wildman–Crippen MR) is 70.5 cm³/mol. The highest BCUT2D eigenvalue weighted by Gasteiger charge is 2.05. The number of carbonyl (C=O) groups is 1. The lowest BCUT2D eigenvalue weighted by Crippen LogP contribution is -1.94. The van der Waals surface area contributed by atoms with Crippen LogP contribution in [0.2, 0.25) is 0 Å². The van der Waals surface area contributed by atoms with E-state index >= 15 is 0 Å². The summed E-state index contributed by atoms with van der Waals surface area (Å²) >= 11 is 0. The molecule has 0 aromatic heterocycles. The molecule has 2 rings (SSSR count). The minimum atomic E-state index is -0.394. The molecule has 2 aromatic carbocycles. The van der Waals surface area contributed by atoms with Crippen LogP contribution in [0.5, 0.6) is 5.75 Å². The minimum absolute atomic E-state index is 0.239. The Hall–Kier alpha value is -2.29. The number of esters is 1. The molecule has 0 fully saturated rings. The molecule has 0 heterocycles. The van der Waals surface area contributed by atoms with Gasteiger partial charge in [-0.3, -0.25) is 0 Å². The number of ether oxygens (including phenoxy) is 1. The number of carbonyl (C=O) groups excluding carboxylic acids is 1. The van der Waals surface area contributed by atoms with E-state index in [2.05, 4.69) is 4.74 Å². The Morgan fingerprint density at radius 2 is 2.06 bits per heavy atom. The van der Waals surface area contributed by atoms with Crippen LogP contribution in [0.15, 0.2) is 48.6 Å². The van der Waals surface area contributed by atoms with Gasteiger partial charge in [-0.1, -0.05) is 36.4 Å². The van der Waals surface area contributed by atoms with Crippen molar-refractivity contribution in [3.8, 4) is 5.75 Å². The highest BCUT2D eigenvalue weighted by molar-refractivity contribution is 5.88. The molecule has 0 saturated heterocycles. The van der Waals surface area contributed by atoms with Gasteiger partial charge in [0, 0.05) is 11.6 Å². The third-order valence-corrected chi connectivity index (χ3v) is 2.79. The molecular formula is C15H14O3. The summed E-state index contributed by atoms with van der Waals surface area (Å²) in [7, 11) is 1.34. The molecule has 0 unspecified atom stereocenters. The number of rotatable bonds is 3. The number of phenols is 1. The molecule has 0 aliphatic rings. The minimum Gasteiger partial charge on any atom is -0.508 e. The van der Waals surface area contributed by atoms with Crippen LogP contribution >= 0.6 is 0 Å². The Morgan fingerprint density at radius 1 is 1.28 bits per heavy atom. The molecule has 2 aromatic rings. The summed E-state index contributed by atoms with van der Waals surface area (Å²) < 4.78 is 4.52. The lowest BCUT2D eigenvalue weighted by Gasteiger charge is -2.06. The lowest BCUT2D eigenvalue weighted by atomic mass is 10.0. The third kappa shape index (κ3) is 2.51. The van der Waals surface area contributed by atoms with Crippen molar-refractivity contribution in [3.05, 3.63) is 54.1 Å². The van der Waals surface area contributed by atoms with Gasteiger partial charge in [0.25, 0.3) is 0 Å². The van der Waals surface area contributed by atoms with E-state index < -0.39 is 5.97 Å². The van der Waals surface area contributed by atoms with Crippen molar-refractivity contribution in [2.24, 2.45) is 0 Å². The fourth-order valence-corrected chi connectivity index (χ4v) is 1.88. The Kier molecular flexibility index (Phi) is 3.63. The second-order valence-corrected chi connectivity index (χ2v) is 3.91. The smallest absolute Gasteiger partial charge is 0.330 e. The van der Waals surface area contributed by atoms with Gasteiger partial charge in [0.2, 0.25) is 0 Å². The Labute approximate surface area is 105 Å². The number of allylic oxidation sites excluding steroid dienone is 1. The molecule has 1 N–H and O–H groups in total. The summed E-state index contributed by atoms with van der Waals surface area (Å²) in [5.74, 6) is -0.155. The first-order chi connectivity index (χ1) is 8.72. The molecule has 0 aliphatic carbocycles. The van der Waals surface area contributed by atoms with Gasteiger partial charge in [0.05, 0.1) is 7.11 Å². The van der Waals surface area contributed by atoms with Crippen molar-refractivity contribution in [2.45, 2.75) is 6.42 Å². The number of phenolic OH excluding ortho intramolecular Hbond substituents is 1. The average Bonchev–Trinajstić information content (AvgIpc) is 2.41. The second kappa shape index (κ2) is 5.36. The summed E-state index contributed by atoms with van der Waals surface area (Å²) in [6.07, 6.45) is 3.54. The monoisotopic (exact) mass is 242 g/mol. The van der Waals surface area contributed by atoms with Gasteiger partial charge >= 0.3 is 5.97 Å². The average molecular weight is 242 g/mol. The van der Waals surface area contributed by atoms with Crippen molar-refractivity contribution in [1.29, 1.82) is 0 Å². The Morgan fingerprint density at radius 3 is 2.83 bits per heavy atom. The van der Waals surface area contributed by atoms with E-state index in [9.17, 15) is 9.90 Å². The number of hydrogen-bond donors (Lipinski definition) is 1. The van der Waals surface area contributed by atoms with Crippen molar-refractivity contribution >= 4 is 16.7 Å². The van der Waals surface area contributed by atoms with E-state index in [1.807, 2.05) is 30.3 Å². The summed E-state index contributed by atoms with van der Waals surface area (Å²) in [5.41, 5.74) is 0.813. The summed E-state index contributed by atoms with van der Waals surface area (Å²) in [6.45, 7) is 0. The van der Waals surface area contributed by atoms with Crippen LogP contribution in [0.3, 0.4) is 0 Å². The van der Waals surface area contributed by atoms with Gasteiger partial charge in [0.1, 0.15) is 5.75 Å². The molecular weight excluding hydrogens is 228 g/mol. The summed E-state index contributed by atoms with van der Waals surface area (Å²) in [5, 5.41) is 11.9. The zero-order valence-corrected chi connectivity index (χ0v) is 10.1. The molecule has 0 radical (unpaired) electrons.